The van der Waals surface area contributed by atoms with E-state index in [1.807, 2.05) is 0 Å². The molecule has 2 N–H and O–H groups in total. The van der Waals surface area contributed by atoms with Gasteiger partial charge in [0, 0.05) is 4.88 Å². The molecule has 21 heavy (non-hydrogen) atoms. The predicted octanol–water partition coefficient (Wildman–Crippen LogP) is 2.36. The second-order valence-electron chi connectivity index (χ2n) is 5.75. The van der Waals surface area contributed by atoms with E-state index in [9.17, 15) is 14.7 Å². The van der Waals surface area contributed by atoms with E-state index >= 15 is 0 Å². The molecule has 0 atom stereocenters. The van der Waals surface area contributed by atoms with Gasteiger partial charge in [0.25, 0.3) is 0 Å². The summed E-state index contributed by atoms with van der Waals surface area (Å²) in [6, 6.07) is 0. The first-order valence-corrected chi connectivity index (χ1v) is 8.37. The highest BCUT2D eigenvalue weighted by Crippen LogP contribution is 2.39. The third-order valence-electron chi connectivity index (χ3n) is 4.20. The normalized spacial score (nSPS) is 18.5. The molecule has 2 aliphatic rings. The highest BCUT2D eigenvalue weighted by Gasteiger charge is 2.27. The van der Waals surface area contributed by atoms with Gasteiger partial charge in [0.15, 0.2) is 0 Å². The van der Waals surface area contributed by atoms with Gasteiger partial charge in [-0.15, -0.1) is 11.3 Å². The molecule has 1 aromatic rings. The maximum absolute atomic E-state index is 12.1. The van der Waals surface area contributed by atoms with Crippen molar-refractivity contribution in [1.82, 2.24) is 4.90 Å². The average Bonchev–Trinajstić information content (AvgIpc) is 2.99. The van der Waals surface area contributed by atoms with Gasteiger partial charge in [-0.3, -0.25) is 9.69 Å². The van der Waals surface area contributed by atoms with Gasteiger partial charge in [-0.25, -0.2) is 4.79 Å². The molecule has 1 aromatic heterocycles. The van der Waals surface area contributed by atoms with E-state index in [1.54, 1.807) is 0 Å². The van der Waals surface area contributed by atoms with E-state index in [0.29, 0.717) is 17.1 Å². The van der Waals surface area contributed by atoms with Crippen LogP contribution in [-0.4, -0.2) is 41.5 Å². The van der Waals surface area contributed by atoms with E-state index in [2.05, 4.69) is 10.2 Å². The molecule has 114 valence electrons. The summed E-state index contributed by atoms with van der Waals surface area (Å²) in [5.74, 6) is -1.03. The van der Waals surface area contributed by atoms with Crippen LogP contribution in [0, 0.1) is 0 Å². The molecule has 1 amide bonds. The molecular formula is C15H20N2O3S. The highest BCUT2D eigenvalue weighted by molar-refractivity contribution is 7.17. The summed E-state index contributed by atoms with van der Waals surface area (Å²) in [4.78, 5) is 26.9. The van der Waals surface area contributed by atoms with E-state index in [1.165, 1.54) is 17.8 Å². The Balaban J connectivity index is 1.69. The molecular weight excluding hydrogens is 288 g/mol. The zero-order valence-electron chi connectivity index (χ0n) is 12.0. The monoisotopic (exact) mass is 308 g/mol. The molecule has 1 aliphatic carbocycles. The van der Waals surface area contributed by atoms with Gasteiger partial charge in [0.05, 0.1) is 12.1 Å². The number of carboxylic acid groups (broad SMARTS) is 1. The molecule has 1 saturated heterocycles. The summed E-state index contributed by atoms with van der Waals surface area (Å²) in [5.41, 5.74) is 1.25. The van der Waals surface area contributed by atoms with Gasteiger partial charge in [-0.1, -0.05) is 6.42 Å². The number of carboxylic acids is 1. The number of nitrogens with one attached hydrogen (secondary N) is 1. The zero-order valence-corrected chi connectivity index (χ0v) is 12.8. The lowest BCUT2D eigenvalue weighted by Crippen LogP contribution is -2.36. The van der Waals surface area contributed by atoms with E-state index in [-0.39, 0.29) is 5.91 Å². The Morgan fingerprint density at radius 3 is 2.62 bits per heavy atom. The van der Waals surface area contributed by atoms with Crippen molar-refractivity contribution in [2.75, 3.05) is 25.0 Å². The van der Waals surface area contributed by atoms with Gasteiger partial charge in [0.2, 0.25) is 5.91 Å². The number of rotatable bonds is 4. The number of nitrogens with zero attached hydrogens (tertiary/aromatic N) is 1. The fourth-order valence-electron chi connectivity index (χ4n) is 3.21. The van der Waals surface area contributed by atoms with Gasteiger partial charge in [0.1, 0.15) is 5.00 Å². The molecule has 0 bridgehead atoms. The number of amides is 1. The van der Waals surface area contributed by atoms with Gasteiger partial charge < -0.3 is 10.4 Å². The Labute approximate surface area is 128 Å². The van der Waals surface area contributed by atoms with Crippen molar-refractivity contribution in [3.8, 4) is 0 Å². The molecule has 0 saturated carbocycles. The Morgan fingerprint density at radius 1 is 1.14 bits per heavy atom. The third kappa shape index (κ3) is 3.11. The van der Waals surface area contributed by atoms with Crippen molar-refractivity contribution in [1.29, 1.82) is 0 Å². The van der Waals surface area contributed by atoms with Crippen molar-refractivity contribution in [2.45, 2.75) is 38.5 Å². The number of thiophene rings is 1. The molecule has 0 unspecified atom stereocenters. The van der Waals surface area contributed by atoms with Crippen LogP contribution in [-0.2, 0) is 17.6 Å². The number of aryl methyl sites for hydroxylation is 1. The Kier molecular flexibility index (Phi) is 4.26. The van der Waals surface area contributed by atoms with Crippen LogP contribution in [0.3, 0.4) is 0 Å². The lowest BCUT2D eigenvalue weighted by molar-refractivity contribution is -0.117. The summed E-state index contributed by atoms with van der Waals surface area (Å²) in [6.07, 6.45) is 6.28. The van der Waals surface area contributed by atoms with Crippen molar-refractivity contribution >= 4 is 28.2 Å². The van der Waals surface area contributed by atoms with Crippen LogP contribution in [0.1, 0.15) is 46.5 Å². The van der Waals surface area contributed by atoms with Crippen LogP contribution in [0.5, 0.6) is 0 Å². The molecule has 5 nitrogen and oxygen atoms in total. The van der Waals surface area contributed by atoms with Crippen molar-refractivity contribution in [3.05, 3.63) is 16.0 Å². The summed E-state index contributed by atoms with van der Waals surface area (Å²) in [6.45, 7) is 2.28. The van der Waals surface area contributed by atoms with Crippen LogP contribution in [0.4, 0.5) is 5.00 Å². The first-order chi connectivity index (χ1) is 10.1. The molecule has 0 radical (unpaired) electrons. The van der Waals surface area contributed by atoms with Gasteiger partial charge >= 0.3 is 5.97 Å². The first-order valence-electron chi connectivity index (χ1n) is 7.55. The van der Waals surface area contributed by atoms with E-state index in [0.717, 1.165) is 55.6 Å². The number of carbonyl (C=O) groups is 2. The van der Waals surface area contributed by atoms with Gasteiger partial charge in [-0.05, 0) is 50.8 Å². The number of fused-ring (bicyclic) bond motifs is 1. The summed E-state index contributed by atoms with van der Waals surface area (Å²) in [7, 11) is 0. The smallest absolute Gasteiger partial charge is 0.339 e. The van der Waals surface area contributed by atoms with Crippen LogP contribution < -0.4 is 5.32 Å². The average molecular weight is 308 g/mol. The number of aromatic carboxylic acids is 1. The van der Waals surface area contributed by atoms with Crippen LogP contribution >= 0.6 is 11.3 Å². The summed E-state index contributed by atoms with van der Waals surface area (Å²) < 4.78 is 0. The van der Waals surface area contributed by atoms with Crippen molar-refractivity contribution in [2.24, 2.45) is 0 Å². The molecule has 1 aliphatic heterocycles. The molecule has 3 rings (SSSR count). The standard InChI is InChI=1S/C15H20N2O3S/c18-12(9-17-7-2-1-3-8-17)16-14-13(15(19)20)10-5-4-6-11(10)21-14/h1-9H2,(H,16,18)(H,19,20). The third-order valence-corrected chi connectivity index (χ3v) is 5.41. The molecule has 0 aromatic carbocycles. The Morgan fingerprint density at radius 2 is 1.90 bits per heavy atom. The SMILES string of the molecule is O=C(CN1CCCCC1)Nc1sc2c(c1C(=O)O)CCC2. The molecule has 2 heterocycles. The van der Waals surface area contributed by atoms with Crippen LogP contribution in [0.25, 0.3) is 0 Å². The fourth-order valence-corrected chi connectivity index (χ4v) is 4.50. The van der Waals surface area contributed by atoms with E-state index < -0.39 is 5.97 Å². The molecule has 6 heteroatoms. The minimum Gasteiger partial charge on any atom is -0.478 e. The number of piperidine rings is 1. The number of carbonyl (C=O) groups excluding carboxylic acids is 1. The zero-order chi connectivity index (χ0) is 14.8. The number of hydrogen-bond acceptors (Lipinski definition) is 4. The second-order valence-corrected chi connectivity index (χ2v) is 6.86. The number of anilines is 1. The second kappa shape index (κ2) is 6.15. The Hall–Kier alpha value is -1.40. The minimum absolute atomic E-state index is 0.0978. The largest absolute Gasteiger partial charge is 0.478 e. The van der Waals surface area contributed by atoms with Crippen LogP contribution in [0.15, 0.2) is 0 Å². The topological polar surface area (TPSA) is 69.6 Å². The lowest BCUT2D eigenvalue weighted by Gasteiger charge is -2.25. The van der Waals surface area contributed by atoms with E-state index in [4.69, 9.17) is 0 Å². The number of hydrogen-bond donors (Lipinski definition) is 2. The minimum atomic E-state index is -0.928. The van der Waals surface area contributed by atoms with Crippen LogP contribution in [0.2, 0.25) is 0 Å². The van der Waals surface area contributed by atoms with Crippen molar-refractivity contribution in [3.63, 3.8) is 0 Å². The fraction of sp³-hybridized carbons (Fsp3) is 0.600. The molecule has 1 fully saturated rings. The Bertz CT molecular complexity index is 562. The first kappa shape index (κ1) is 14.5. The van der Waals surface area contributed by atoms with Crippen molar-refractivity contribution < 1.29 is 14.7 Å². The highest BCUT2D eigenvalue weighted by atomic mass is 32.1. The summed E-state index contributed by atoms with van der Waals surface area (Å²) >= 11 is 1.44. The summed E-state index contributed by atoms with van der Waals surface area (Å²) in [5, 5.41) is 12.7. The van der Waals surface area contributed by atoms with Gasteiger partial charge in [-0.2, -0.15) is 0 Å². The number of likely N-dealkylation sites (tertiary alicyclic amines) is 1. The maximum Gasteiger partial charge on any atom is 0.339 e. The maximum atomic E-state index is 12.1. The quantitative estimate of drug-likeness (QED) is 0.896. The predicted molar refractivity (Wildman–Crippen MR) is 82.2 cm³/mol. The lowest BCUT2D eigenvalue weighted by atomic mass is 10.1. The molecule has 0 spiro atoms.